The molecule has 0 saturated carbocycles. The van der Waals surface area contributed by atoms with E-state index in [1.807, 2.05) is 6.07 Å². The number of thiophene rings is 1. The maximum Gasteiger partial charge on any atom is 0.339 e. The second kappa shape index (κ2) is 15.5. The van der Waals surface area contributed by atoms with Crippen LogP contribution in [-0.2, 0) is 6.42 Å². The number of nitrogens with one attached hydrogen (secondary N) is 1. The van der Waals surface area contributed by atoms with E-state index in [0.717, 1.165) is 43.4 Å². The van der Waals surface area contributed by atoms with Crippen LogP contribution in [0.1, 0.15) is 37.4 Å². The van der Waals surface area contributed by atoms with Gasteiger partial charge in [-0.3, -0.25) is 0 Å². The number of anilines is 2. The Morgan fingerprint density at radius 2 is 1.27 bits per heavy atom. The predicted molar refractivity (Wildman–Crippen MR) is 204 cm³/mol. The number of amidine groups is 1. The molecule has 0 unspecified atom stereocenters. The third-order valence-corrected chi connectivity index (χ3v) is 9.99. The minimum atomic E-state index is -1.28. The van der Waals surface area contributed by atoms with Gasteiger partial charge in [0.2, 0.25) is 0 Å². The molecule has 13 heteroatoms. The van der Waals surface area contributed by atoms with Gasteiger partial charge in [0, 0.05) is 43.7 Å². The quantitative estimate of drug-likeness (QED) is 0.147. The molecule has 0 radical (unpaired) electrons. The number of aromatic carboxylic acids is 2. The molecule has 0 aliphatic carbocycles. The van der Waals surface area contributed by atoms with Crippen LogP contribution in [0.3, 0.4) is 0 Å². The Kier molecular flexibility index (Phi) is 11.1. The number of hydrogen-bond acceptors (Lipinski definition) is 9. The van der Waals surface area contributed by atoms with Crippen molar-refractivity contribution in [1.82, 2.24) is 9.80 Å². The van der Waals surface area contributed by atoms with E-state index in [0.29, 0.717) is 32.7 Å². The fourth-order valence-electron chi connectivity index (χ4n) is 6.50. The zero-order valence-electron chi connectivity index (χ0n) is 28.1. The minimum Gasteiger partial charge on any atom is -0.507 e. The summed E-state index contributed by atoms with van der Waals surface area (Å²) in [5.41, 5.74) is 3.45. The fourth-order valence-corrected chi connectivity index (χ4v) is 7.29. The number of phenols is 2. The number of nitrogens with zero attached hydrogens (tertiary/aromatic N) is 3. The first-order valence-electron chi connectivity index (χ1n) is 16.1. The van der Waals surface area contributed by atoms with Crippen LogP contribution in [0.2, 0.25) is 0 Å². The summed E-state index contributed by atoms with van der Waals surface area (Å²) in [6.45, 7) is 4.25. The van der Waals surface area contributed by atoms with Crippen LogP contribution in [-0.4, -0.2) is 92.2 Å². The molecule has 52 heavy (non-hydrogen) atoms. The average molecular weight is 723 g/mol. The molecule has 0 amide bonds. The highest BCUT2D eigenvalue weighted by Gasteiger charge is 2.25. The number of fused-ring (bicyclic) bond motifs is 4. The zero-order chi connectivity index (χ0) is 34.9. The summed E-state index contributed by atoms with van der Waals surface area (Å²) in [4.78, 5) is 33.0. The van der Waals surface area contributed by atoms with Crippen LogP contribution in [0.5, 0.6) is 11.5 Å². The molecule has 6 aromatic rings. The first kappa shape index (κ1) is 37.3. The largest absolute Gasteiger partial charge is 0.507 e. The molecule has 8 rings (SSSR count). The van der Waals surface area contributed by atoms with Crippen molar-refractivity contribution in [2.45, 2.75) is 6.42 Å². The van der Waals surface area contributed by atoms with E-state index < -0.39 is 23.4 Å². The van der Waals surface area contributed by atoms with Gasteiger partial charge in [-0.2, -0.15) is 0 Å². The first-order valence-corrected chi connectivity index (χ1v) is 17.0. The third kappa shape index (κ3) is 7.11. The summed E-state index contributed by atoms with van der Waals surface area (Å²) in [5, 5.41) is 49.7. The van der Waals surface area contributed by atoms with Crippen molar-refractivity contribution in [3.8, 4) is 11.5 Å². The van der Waals surface area contributed by atoms with Gasteiger partial charge >= 0.3 is 11.9 Å². The molecule has 2 aliphatic rings. The van der Waals surface area contributed by atoms with Crippen LogP contribution in [0, 0.1) is 0 Å². The zero-order valence-corrected chi connectivity index (χ0v) is 28.9. The Labute approximate surface area is 302 Å². The van der Waals surface area contributed by atoms with Crippen molar-refractivity contribution >= 4 is 67.0 Å². The van der Waals surface area contributed by atoms with Crippen molar-refractivity contribution in [1.29, 1.82) is 0 Å². The van der Waals surface area contributed by atoms with Crippen molar-refractivity contribution < 1.29 is 41.0 Å². The highest BCUT2D eigenvalue weighted by molar-refractivity contribution is 7.14. The second-order valence-corrected chi connectivity index (χ2v) is 13.2. The lowest BCUT2D eigenvalue weighted by Gasteiger charge is -2.34. The summed E-state index contributed by atoms with van der Waals surface area (Å²) in [7, 11) is 2.18. The van der Waals surface area contributed by atoms with Gasteiger partial charge in [-0.25, -0.2) is 14.6 Å². The molecular weight excluding hydrogens is 685 g/mol. The highest BCUT2D eigenvalue weighted by atomic mass is 32.1. The van der Waals surface area contributed by atoms with E-state index in [9.17, 15) is 30.0 Å². The van der Waals surface area contributed by atoms with Gasteiger partial charge < -0.3 is 46.5 Å². The van der Waals surface area contributed by atoms with Gasteiger partial charge in [-0.15, -0.1) is 11.3 Å². The molecule has 1 fully saturated rings. The number of benzene rings is 5. The molecule has 268 valence electrons. The van der Waals surface area contributed by atoms with E-state index in [1.54, 1.807) is 59.9 Å². The van der Waals surface area contributed by atoms with Crippen LogP contribution in [0.4, 0.5) is 16.4 Å². The number of hydrogen-bond donors (Lipinski definition) is 5. The Hall–Kier alpha value is -5.99. The Bertz CT molecular complexity index is 2210. The molecule has 12 nitrogen and oxygen atoms in total. The lowest BCUT2D eigenvalue weighted by molar-refractivity contribution is 0.0682. The summed E-state index contributed by atoms with van der Waals surface area (Å²) in [6, 6.07) is 27.2. The molecule has 9 N–H and O–H groups in total. The Balaban J connectivity index is 0.000000202. The number of piperazine rings is 1. The smallest absolute Gasteiger partial charge is 0.339 e. The van der Waals surface area contributed by atoms with Gasteiger partial charge in [0.25, 0.3) is 0 Å². The van der Waals surface area contributed by atoms with Gasteiger partial charge in [-0.05, 0) is 64.3 Å². The van der Waals surface area contributed by atoms with Gasteiger partial charge in [0.05, 0.1) is 16.9 Å². The van der Waals surface area contributed by atoms with Crippen molar-refractivity contribution in [3.63, 3.8) is 0 Å². The number of rotatable bonds is 4. The molecule has 1 aromatic heterocycles. The normalized spacial score (nSPS) is 13.6. The van der Waals surface area contributed by atoms with Crippen molar-refractivity contribution in [2.24, 2.45) is 4.99 Å². The monoisotopic (exact) mass is 722 g/mol. The van der Waals surface area contributed by atoms with Crippen molar-refractivity contribution in [2.75, 3.05) is 38.5 Å². The molecule has 0 atom stereocenters. The lowest BCUT2D eigenvalue weighted by Crippen LogP contribution is -2.47. The third-order valence-electron chi connectivity index (χ3n) is 9.16. The first-order chi connectivity index (χ1) is 24.2. The Morgan fingerprint density at radius 3 is 1.83 bits per heavy atom. The number of carboxylic acids is 2. The number of aromatic hydroxyl groups is 2. The average Bonchev–Trinajstić information content (AvgIpc) is 3.51. The molecule has 1 saturated heterocycles. The van der Waals surface area contributed by atoms with Crippen LogP contribution in [0.25, 0.3) is 21.5 Å². The van der Waals surface area contributed by atoms with Crippen LogP contribution in [0.15, 0.2) is 101 Å². The standard InChI is InChI=1S/C23H16O6.C16H18N4S.2H2O/c24-20-16(14-7-3-1-5-12(14)9-18(20)22(26)27)11-17-15-8-4-2-6-13(15)10-19(21(17)25)23(28)29;1-19-7-9-20(10-8-19)15-12-6-11-21-16(12)18-14-5-3-2-4-13(14)17-15;;/h1-10,24-25H,11H2,(H,26,27)(H,28,29);2-6,11,18H,7-10H2,1H3;2*1H2. The fraction of sp³-hybridized carbons (Fsp3) is 0.154. The lowest BCUT2D eigenvalue weighted by atomic mass is 9.90. The molecule has 0 bridgehead atoms. The molecule has 0 spiro atoms. The van der Waals surface area contributed by atoms with Crippen molar-refractivity contribution in [3.05, 3.63) is 124 Å². The predicted octanol–water partition coefficient (Wildman–Crippen LogP) is 5.87. The maximum atomic E-state index is 11.6. The van der Waals surface area contributed by atoms with E-state index in [1.165, 1.54) is 22.7 Å². The number of carboxylic acid groups (broad SMARTS) is 2. The number of carbonyl (C=O) groups is 2. The second-order valence-electron chi connectivity index (χ2n) is 12.3. The summed E-state index contributed by atoms with van der Waals surface area (Å²) < 4.78 is 0. The van der Waals surface area contributed by atoms with E-state index in [2.05, 4.69) is 51.8 Å². The van der Waals surface area contributed by atoms with Crippen LogP contribution >= 0.6 is 11.3 Å². The molecule has 5 aromatic carbocycles. The summed E-state index contributed by atoms with van der Waals surface area (Å²) >= 11 is 1.74. The maximum absolute atomic E-state index is 11.6. The minimum absolute atomic E-state index is 0. The van der Waals surface area contributed by atoms with E-state index in [4.69, 9.17) is 4.99 Å². The highest BCUT2D eigenvalue weighted by Crippen LogP contribution is 2.40. The topological polar surface area (TPSA) is 209 Å². The van der Waals surface area contributed by atoms with Gasteiger partial charge in [0.1, 0.15) is 33.5 Å². The summed E-state index contributed by atoms with van der Waals surface area (Å²) in [6.07, 6.45) is -0.0407. The number of likely N-dealkylation sites (N-methyl/N-ethyl adjacent to an activating group) is 1. The van der Waals surface area contributed by atoms with Gasteiger partial charge in [0.15, 0.2) is 0 Å². The molecular formula is C39H38N4O8S. The molecule has 2 aliphatic heterocycles. The van der Waals surface area contributed by atoms with E-state index >= 15 is 0 Å². The summed E-state index contributed by atoms with van der Waals surface area (Å²) in [5.74, 6) is -2.25. The Morgan fingerprint density at radius 1 is 0.750 bits per heavy atom. The van der Waals surface area contributed by atoms with Gasteiger partial charge in [-0.1, -0.05) is 60.7 Å². The SMILES string of the molecule is CN1CCN(C2=Nc3ccccc3Nc3sccc32)CC1.O.O.O=C(O)c1cc2ccccc2c(Cc2c(O)c(C(=O)O)cc3ccccc23)c1O. The van der Waals surface area contributed by atoms with Crippen LogP contribution < -0.4 is 5.32 Å². The van der Waals surface area contributed by atoms with E-state index in [-0.39, 0.29) is 28.5 Å². The number of para-hydroxylation sites is 2. The molecule has 3 heterocycles. The number of aliphatic imine (C=N–C) groups is 1.